The molecule has 1 aliphatic heterocycles. The Balaban J connectivity index is 2.40. The Kier molecular flexibility index (Phi) is 2.52. The Morgan fingerprint density at radius 1 is 1.05 bits per heavy atom. The first kappa shape index (κ1) is 11.7. The molecule has 96 valence electrons. The average molecular weight is 255 g/mol. The minimum atomic E-state index is -0.267. The molecule has 1 heterocycles. The summed E-state index contributed by atoms with van der Waals surface area (Å²) in [4.78, 5) is 25.4. The zero-order valence-electron chi connectivity index (χ0n) is 10.8. The van der Waals surface area contributed by atoms with Crippen molar-refractivity contribution in [1.29, 1.82) is 0 Å². The second-order valence-electron chi connectivity index (χ2n) is 4.44. The SMILES string of the molecule is CCOc1ccc2c3c(cccc13)C(=O)N(C)C2=O. The highest BCUT2D eigenvalue weighted by Gasteiger charge is 2.30. The second-order valence-corrected chi connectivity index (χ2v) is 4.44. The van der Waals surface area contributed by atoms with Crippen LogP contribution in [-0.4, -0.2) is 30.4 Å². The number of carbonyl (C=O) groups is 2. The van der Waals surface area contributed by atoms with Gasteiger partial charge in [0.25, 0.3) is 11.8 Å². The second kappa shape index (κ2) is 4.09. The highest BCUT2D eigenvalue weighted by atomic mass is 16.5. The molecule has 1 aliphatic rings. The largest absolute Gasteiger partial charge is 0.493 e. The molecule has 2 aromatic rings. The van der Waals surface area contributed by atoms with E-state index < -0.39 is 0 Å². The minimum Gasteiger partial charge on any atom is -0.493 e. The van der Waals surface area contributed by atoms with E-state index >= 15 is 0 Å². The van der Waals surface area contributed by atoms with Crippen molar-refractivity contribution in [1.82, 2.24) is 4.90 Å². The van der Waals surface area contributed by atoms with Crippen molar-refractivity contribution < 1.29 is 14.3 Å². The van der Waals surface area contributed by atoms with Crippen LogP contribution in [0.25, 0.3) is 10.8 Å². The molecule has 0 saturated heterocycles. The normalized spacial score (nSPS) is 14.1. The maximum atomic E-state index is 12.1. The van der Waals surface area contributed by atoms with E-state index in [2.05, 4.69) is 0 Å². The lowest BCUT2D eigenvalue weighted by Gasteiger charge is -2.24. The van der Waals surface area contributed by atoms with Crippen molar-refractivity contribution in [3.63, 3.8) is 0 Å². The number of amides is 2. The molecule has 0 radical (unpaired) electrons. The molecule has 0 N–H and O–H groups in total. The minimum absolute atomic E-state index is 0.267. The van der Waals surface area contributed by atoms with Crippen LogP contribution in [0.2, 0.25) is 0 Å². The molecule has 0 saturated carbocycles. The molecule has 0 aliphatic carbocycles. The van der Waals surface area contributed by atoms with Crippen molar-refractivity contribution in [3.8, 4) is 5.75 Å². The van der Waals surface area contributed by atoms with Crippen LogP contribution in [0.3, 0.4) is 0 Å². The van der Waals surface area contributed by atoms with Gasteiger partial charge in [-0.25, -0.2) is 0 Å². The van der Waals surface area contributed by atoms with Crippen molar-refractivity contribution >= 4 is 22.6 Å². The van der Waals surface area contributed by atoms with Crippen molar-refractivity contribution in [2.24, 2.45) is 0 Å². The van der Waals surface area contributed by atoms with Gasteiger partial charge >= 0.3 is 0 Å². The summed E-state index contributed by atoms with van der Waals surface area (Å²) in [6.07, 6.45) is 0. The van der Waals surface area contributed by atoms with Crippen LogP contribution in [0.5, 0.6) is 5.75 Å². The summed E-state index contributed by atoms with van der Waals surface area (Å²) in [6, 6.07) is 8.94. The molecule has 0 fully saturated rings. The summed E-state index contributed by atoms with van der Waals surface area (Å²) in [5, 5.41) is 1.51. The van der Waals surface area contributed by atoms with E-state index in [0.717, 1.165) is 10.3 Å². The van der Waals surface area contributed by atoms with E-state index in [1.165, 1.54) is 7.05 Å². The van der Waals surface area contributed by atoms with Crippen molar-refractivity contribution in [3.05, 3.63) is 41.5 Å². The Morgan fingerprint density at radius 2 is 1.74 bits per heavy atom. The van der Waals surface area contributed by atoms with Gasteiger partial charge in [-0.2, -0.15) is 0 Å². The first-order valence-corrected chi connectivity index (χ1v) is 6.16. The van der Waals surface area contributed by atoms with Gasteiger partial charge in [0.15, 0.2) is 0 Å². The van der Waals surface area contributed by atoms with Gasteiger partial charge in [0.05, 0.1) is 6.61 Å². The molecule has 2 amide bonds. The van der Waals surface area contributed by atoms with Gasteiger partial charge in [0, 0.05) is 28.9 Å². The predicted molar refractivity (Wildman–Crippen MR) is 71.5 cm³/mol. The highest BCUT2D eigenvalue weighted by Crippen LogP contribution is 2.34. The van der Waals surface area contributed by atoms with Crippen LogP contribution >= 0.6 is 0 Å². The van der Waals surface area contributed by atoms with Crippen molar-refractivity contribution in [2.45, 2.75) is 6.92 Å². The number of ether oxygens (including phenoxy) is 1. The van der Waals surface area contributed by atoms with Crippen LogP contribution < -0.4 is 4.74 Å². The third kappa shape index (κ3) is 1.53. The number of hydrogen-bond acceptors (Lipinski definition) is 3. The summed E-state index contributed by atoms with van der Waals surface area (Å²) in [7, 11) is 1.50. The number of rotatable bonds is 2. The number of carbonyl (C=O) groups excluding carboxylic acids is 2. The summed E-state index contributed by atoms with van der Waals surface area (Å²) >= 11 is 0. The zero-order chi connectivity index (χ0) is 13.6. The number of benzene rings is 2. The molecule has 0 aromatic heterocycles. The van der Waals surface area contributed by atoms with Gasteiger partial charge < -0.3 is 4.74 Å². The Hall–Kier alpha value is -2.36. The van der Waals surface area contributed by atoms with E-state index in [-0.39, 0.29) is 11.8 Å². The molecule has 4 heteroatoms. The number of imide groups is 1. The van der Waals surface area contributed by atoms with Gasteiger partial charge in [-0.1, -0.05) is 12.1 Å². The Labute approximate surface area is 110 Å². The fourth-order valence-corrected chi connectivity index (χ4v) is 2.47. The fraction of sp³-hybridized carbons (Fsp3) is 0.200. The first-order valence-electron chi connectivity index (χ1n) is 6.16. The van der Waals surface area contributed by atoms with Crippen LogP contribution in [0, 0.1) is 0 Å². The van der Waals surface area contributed by atoms with Crippen LogP contribution in [-0.2, 0) is 0 Å². The topological polar surface area (TPSA) is 46.6 Å². The third-order valence-corrected chi connectivity index (χ3v) is 3.37. The smallest absolute Gasteiger partial charge is 0.261 e. The van der Waals surface area contributed by atoms with Crippen molar-refractivity contribution in [2.75, 3.05) is 13.7 Å². The zero-order valence-corrected chi connectivity index (χ0v) is 10.8. The number of nitrogens with zero attached hydrogens (tertiary/aromatic N) is 1. The summed E-state index contributed by atoms with van der Waals surface area (Å²) < 4.78 is 5.56. The molecule has 0 spiro atoms. The van der Waals surface area contributed by atoms with Crippen LogP contribution in [0.4, 0.5) is 0 Å². The van der Waals surface area contributed by atoms with Gasteiger partial charge in [0.1, 0.15) is 5.75 Å². The molecule has 2 aromatic carbocycles. The third-order valence-electron chi connectivity index (χ3n) is 3.37. The molecule has 0 atom stereocenters. The molecular weight excluding hydrogens is 242 g/mol. The maximum absolute atomic E-state index is 12.1. The van der Waals surface area contributed by atoms with E-state index in [1.54, 1.807) is 18.2 Å². The van der Waals surface area contributed by atoms with Crippen LogP contribution in [0.15, 0.2) is 30.3 Å². The maximum Gasteiger partial charge on any atom is 0.261 e. The van der Waals surface area contributed by atoms with E-state index in [0.29, 0.717) is 28.9 Å². The quantitative estimate of drug-likeness (QED) is 0.774. The first-order chi connectivity index (χ1) is 9.15. The standard InChI is InChI=1S/C15H13NO3/c1-3-19-12-8-7-11-13-9(12)5-4-6-10(13)14(17)16(2)15(11)18/h4-8H,3H2,1-2H3. The molecular formula is C15H13NO3. The predicted octanol–water partition coefficient (Wildman–Crippen LogP) is 2.46. The lowest BCUT2D eigenvalue weighted by molar-refractivity contribution is 0.0650. The Bertz CT molecular complexity index is 684. The van der Waals surface area contributed by atoms with Gasteiger partial charge in [-0.3, -0.25) is 14.5 Å². The van der Waals surface area contributed by atoms with Gasteiger partial charge in [0.2, 0.25) is 0 Å². The van der Waals surface area contributed by atoms with Gasteiger partial charge in [-0.05, 0) is 25.1 Å². The number of hydrogen-bond donors (Lipinski definition) is 0. The molecule has 0 unspecified atom stereocenters. The van der Waals surface area contributed by atoms with E-state index in [9.17, 15) is 9.59 Å². The monoisotopic (exact) mass is 255 g/mol. The fourth-order valence-electron chi connectivity index (χ4n) is 2.47. The van der Waals surface area contributed by atoms with Gasteiger partial charge in [-0.15, -0.1) is 0 Å². The summed E-state index contributed by atoms with van der Waals surface area (Å²) in [5.41, 5.74) is 1.10. The lowest BCUT2D eigenvalue weighted by atomic mass is 9.94. The Morgan fingerprint density at radius 3 is 2.42 bits per heavy atom. The molecule has 0 bridgehead atoms. The van der Waals surface area contributed by atoms with Crippen LogP contribution in [0.1, 0.15) is 27.6 Å². The highest BCUT2D eigenvalue weighted by molar-refractivity contribution is 6.25. The van der Waals surface area contributed by atoms with E-state index in [1.807, 2.05) is 19.1 Å². The average Bonchev–Trinajstić information content (AvgIpc) is 2.44. The summed E-state index contributed by atoms with van der Waals surface area (Å²) in [6.45, 7) is 2.44. The molecule has 4 nitrogen and oxygen atoms in total. The lowest BCUT2D eigenvalue weighted by Crippen LogP contribution is -2.36. The van der Waals surface area contributed by atoms with E-state index in [4.69, 9.17) is 4.74 Å². The molecule has 3 rings (SSSR count). The summed E-state index contributed by atoms with van der Waals surface area (Å²) in [5.74, 6) is 0.168. The molecule has 19 heavy (non-hydrogen) atoms.